The van der Waals surface area contributed by atoms with E-state index in [0.29, 0.717) is 37.8 Å². The third-order valence-electron chi connectivity index (χ3n) is 4.26. The highest BCUT2D eigenvalue weighted by molar-refractivity contribution is 5.96. The number of ether oxygens (including phenoxy) is 4. The maximum Gasteiger partial charge on any atom is 0.325 e. The van der Waals surface area contributed by atoms with Gasteiger partial charge < -0.3 is 29.2 Å². The molecule has 1 aromatic carbocycles. The highest BCUT2D eigenvalue weighted by Gasteiger charge is 2.31. The molecule has 2 heterocycles. The minimum atomic E-state index is -0.512. The number of hydrogen-bond acceptors (Lipinski definition) is 6. The molecule has 26 heavy (non-hydrogen) atoms. The fourth-order valence-electron chi connectivity index (χ4n) is 2.86. The van der Waals surface area contributed by atoms with Crippen LogP contribution in [0, 0.1) is 0 Å². The van der Waals surface area contributed by atoms with Crippen molar-refractivity contribution in [3.63, 3.8) is 0 Å². The van der Waals surface area contributed by atoms with Crippen LogP contribution in [0.25, 0.3) is 0 Å². The molecule has 3 rings (SSSR count). The molecule has 0 saturated carbocycles. The number of rotatable bonds is 7. The molecule has 0 aromatic heterocycles. The zero-order valence-electron chi connectivity index (χ0n) is 14.9. The van der Waals surface area contributed by atoms with E-state index in [1.807, 2.05) is 6.07 Å². The van der Waals surface area contributed by atoms with Crippen LogP contribution in [-0.4, -0.2) is 76.7 Å². The van der Waals surface area contributed by atoms with E-state index in [1.54, 1.807) is 17.0 Å². The number of carbonyl (C=O) groups excluding carboxylic acids is 2. The van der Waals surface area contributed by atoms with Crippen molar-refractivity contribution in [2.75, 3.05) is 58.5 Å². The Kier molecular flexibility index (Phi) is 5.79. The maximum absolute atomic E-state index is 12.6. The molecular weight excluding hydrogens is 342 g/mol. The summed E-state index contributed by atoms with van der Waals surface area (Å²) < 4.78 is 21.1. The molecule has 0 atom stereocenters. The van der Waals surface area contributed by atoms with Crippen LogP contribution in [0.3, 0.4) is 0 Å². The van der Waals surface area contributed by atoms with E-state index in [1.165, 1.54) is 19.1 Å². The van der Waals surface area contributed by atoms with Crippen molar-refractivity contribution in [1.82, 2.24) is 10.2 Å². The summed E-state index contributed by atoms with van der Waals surface area (Å²) in [4.78, 5) is 27.8. The van der Waals surface area contributed by atoms with Crippen molar-refractivity contribution in [3.05, 3.63) is 18.2 Å². The van der Waals surface area contributed by atoms with Crippen LogP contribution in [0.1, 0.15) is 0 Å². The molecular formula is C17H23N3O6. The highest BCUT2D eigenvalue weighted by atomic mass is 16.7. The Hall–Kier alpha value is -2.52. The first-order valence-corrected chi connectivity index (χ1v) is 8.40. The third kappa shape index (κ3) is 4.00. The SMILES string of the molecule is COC(CNC(=O)CN1CCN(c2ccc3c(c2)OCCO3)C1=O)OC. The molecule has 2 aliphatic heterocycles. The van der Waals surface area contributed by atoms with Crippen LogP contribution >= 0.6 is 0 Å². The lowest BCUT2D eigenvalue weighted by molar-refractivity contribution is -0.127. The summed E-state index contributed by atoms with van der Waals surface area (Å²) in [7, 11) is 2.99. The summed E-state index contributed by atoms with van der Waals surface area (Å²) >= 11 is 0. The van der Waals surface area contributed by atoms with Crippen LogP contribution < -0.4 is 19.7 Å². The van der Waals surface area contributed by atoms with Gasteiger partial charge >= 0.3 is 6.03 Å². The highest BCUT2D eigenvalue weighted by Crippen LogP contribution is 2.34. The number of methoxy groups -OCH3 is 2. The fourth-order valence-corrected chi connectivity index (χ4v) is 2.86. The molecule has 9 nitrogen and oxygen atoms in total. The average Bonchev–Trinajstić information content (AvgIpc) is 3.02. The smallest absolute Gasteiger partial charge is 0.325 e. The zero-order valence-corrected chi connectivity index (χ0v) is 14.9. The second-order valence-corrected chi connectivity index (χ2v) is 5.89. The molecule has 1 saturated heterocycles. The lowest BCUT2D eigenvalue weighted by Gasteiger charge is -2.22. The number of urea groups is 1. The van der Waals surface area contributed by atoms with E-state index in [9.17, 15) is 9.59 Å². The number of carbonyl (C=O) groups is 2. The molecule has 0 unspecified atom stereocenters. The summed E-state index contributed by atoms with van der Waals surface area (Å²) in [6.45, 7) is 2.19. The summed E-state index contributed by atoms with van der Waals surface area (Å²) in [5, 5.41) is 2.69. The van der Waals surface area contributed by atoms with E-state index in [4.69, 9.17) is 18.9 Å². The Morgan fingerprint density at radius 3 is 2.65 bits per heavy atom. The van der Waals surface area contributed by atoms with Gasteiger partial charge in [-0.05, 0) is 12.1 Å². The molecule has 142 valence electrons. The monoisotopic (exact) mass is 365 g/mol. The largest absolute Gasteiger partial charge is 0.486 e. The van der Waals surface area contributed by atoms with Crippen molar-refractivity contribution in [3.8, 4) is 11.5 Å². The topological polar surface area (TPSA) is 89.6 Å². The summed E-state index contributed by atoms with van der Waals surface area (Å²) in [6.07, 6.45) is -0.512. The Morgan fingerprint density at radius 2 is 1.92 bits per heavy atom. The van der Waals surface area contributed by atoms with Crippen molar-refractivity contribution < 1.29 is 28.5 Å². The zero-order chi connectivity index (χ0) is 18.5. The number of benzene rings is 1. The summed E-state index contributed by atoms with van der Waals surface area (Å²) in [6, 6.07) is 5.18. The van der Waals surface area contributed by atoms with Gasteiger partial charge in [-0.3, -0.25) is 9.69 Å². The third-order valence-corrected chi connectivity index (χ3v) is 4.26. The normalized spacial score (nSPS) is 16.3. The predicted octanol–water partition coefficient (Wildman–Crippen LogP) is 0.435. The molecule has 3 amide bonds. The Labute approximate surface area is 151 Å². The molecule has 0 spiro atoms. The molecule has 0 radical (unpaired) electrons. The van der Waals surface area contributed by atoms with E-state index in [-0.39, 0.29) is 25.0 Å². The van der Waals surface area contributed by atoms with Gasteiger partial charge in [0.15, 0.2) is 17.8 Å². The molecule has 2 aliphatic rings. The number of nitrogens with zero attached hydrogens (tertiary/aromatic N) is 2. The van der Waals surface area contributed by atoms with Gasteiger partial charge in [0.1, 0.15) is 19.8 Å². The molecule has 0 bridgehead atoms. The quantitative estimate of drug-likeness (QED) is 0.705. The fraction of sp³-hybridized carbons (Fsp3) is 0.529. The van der Waals surface area contributed by atoms with E-state index >= 15 is 0 Å². The van der Waals surface area contributed by atoms with Gasteiger partial charge in [-0.1, -0.05) is 0 Å². The number of nitrogens with one attached hydrogen (secondary N) is 1. The Bertz CT molecular complexity index is 664. The number of anilines is 1. The molecule has 9 heteroatoms. The molecule has 1 aromatic rings. The predicted molar refractivity (Wildman–Crippen MR) is 92.6 cm³/mol. The second-order valence-electron chi connectivity index (χ2n) is 5.89. The average molecular weight is 365 g/mol. The van der Waals surface area contributed by atoms with E-state index < -0.39 is 6.29 Å². The first-order chi connectivity index (χ1) is 12.6. The second kappa shape index (κ2) is 8.24. The number of amides is 3. The van der Waals surface area contributed by atoms with Crippen molar-refractivity contribution in [1.29, 1.82) is 0 Å². The standard InChI is InChI=1S/C17H23N3O6/c1-23-16(24-2)10-18-15(21)11-19-5-6-20(17(19)22)12-3-4-13-14(9-12)26-8-7-25-13/h3-4,9,16H,5-8,10-11H2,1-2H3,(H,18,21). The minimum absolute atomic E-state index is 0.0139. The van der Waals surface area contributed by atoms with Gasteiger partial charge in [0, 0.05) is 39.1 Å². The number of hydrogen-bond donors (Lipinski definition) is 1. The van der Waals surface area contributed by atoms with Crippen LogP contribution in [0.4, 0.5) is 10.5 Å². The minimum Gasteiger partial charge on any atom is -0.486 e. The van der Waals surface area contributed by atoms with Crippen LogP contribution in [0.2, 0.25) is 0 Å². The number of fused-ring (bicyclic) bond motifs is 1. The molecule has 1 fully saturated rings. The summed E-state index contributed by atoms with van der Waals surface area (Å²) in [5.74, 6) is 1.04. The van der Waals surface area contributed by atoms with Crippen molar-refractivity contribution in [2.45, 2.75) is 6.29 Å². The van der Waals surface area contributed by atoms with Gasteiger partial charge in [-0.25, -0.2) is 4.79 Å². The lowest BCUT2D eigenvalue weighted by Crippen LogP contribution is -2.42. The van der Waals surface area contributed by atoms with Crippen LogP contribution in [-0.2, 0) is 14.3 Å². The first-order valence-electron chi connectivity index (χ1n) is 8.40. The van der Waals surface area contributed by atoms with Crippen LogP contribution in [0.5, 0.6) is 11.5 Å². The van der Waals surface area contributed by atoms with Gasteiger partial charge in [-0.15, -0.1) is 0 Å². The molecule has 0 aliphatic carbocycles. The van der Waals surface area contributed by atoms with Gasteiger partial charge in [0.25, 0.3) is 0 Å². The maximum atomic E-state index is 12.6. The summed E-state index contributed by atoms with van der Waals surface area (Å²) in [5.41, 5.74) is 0.723. The van der Waals surface area contributed by atoms with Gasteiger partial charge in [0.2, 0.25) is 5.91 Å². The Morgan fingerprint density at radius 1 is 1.19 bits per heavy atom. The molecule has 1 N–H and O–H groups in total. The van der Waals surface area contributed by atoms with E-state index in [2.05, 4.69) is 5.32 Å². The van der Waals surface area contributed by atoms with E-state index in [0.717, 1.165) is 5.69 Å². The van der Waals surface area contributed by atoms with Crippen molar-refractivity contribution >= 4 is 17.6 Å². The Balaban J connectivity index is 1.57. The van der Waals surface area contributed by atoms with Gasteiger partial charge in [-0.2, -0.15) is 0 Å². The lowest BCUT2D eigenvalue weighted by atomic mass is 10.2. The van der Waals surface area contributed by atoms with Gasteiger partial charge in [0.05, 0.1) is 6.54 Å². The first kappa shape index (κ1) is 18.3. The van der Waals surface area contributed by atoms with Crippen LogP contribution in [0.15, 0.2) is 18.2 Å². The van der Waals surface area contributed by atoms with Crippen molar-refractivity contribution in [2.24, 2.45) is 0 Å².